The predicted octanol–water partition coefficient (Wildman–Crippen LogP) is 1.92. The number of nitrogens with zero attached hydrogens (tertiary/aromatic N) is 2. The molecule has 128 valence electrons. The quantitative estimate of drug-likeness (QED) is 0.862. The fourth-order valence-corrected chi connectivity index (χ4v) is 3.40. The maximum absolute atomic E-state index is 12.8. The Morgan fingerprint density at radius 2 is 1.78 bits per heavy atom. The molecular formula is C18H29N3O2. The highest BCUT2D eigenvalue weighted by molar-refractivity contribution is 5.80. The van der Waals surface area contributed by atoms with Gasteiger partial charge in [-0.05, 0) is 50.3 Å². The number of piperidine rings is 1. The van der Waals surface area contributed by atoms with E-state index in [4.69, 9.17) is 10.6 Å². The van der Waals surface area contributed by atoms with Crippen molar-refractivity contribution >= 4 is 5.91 Å². The molecule has 1 fully saturated rings. The van der Waals surface area contributed by atoms with E-state index in [1.807, 2.05) is 12.1 Å². The Morgan fingerprint density at radius 3 is 2.26 bits per heavy atom. The number of nitrogens with two attached hydrogens (primary N) is 1. The van der Waals surface area contributed by atoms with Crippen molar-refractivity contribution in [1.29, 1.82) is 0 Å². The molecule has 23 heavy (non-hydrogen) atoms. The van der Waals surface area contributed by atoms with Gasteiger partial charge < -0.3 is 15.5 Å². The zero-order chi connectivity index (χ0) is 17.2. The summed E-state index contributed by atoms with van der Waals surface area (Å²) in [4.78, 5) is 19.7. The van der Waals surface area contributed by atoms with E-state index in [-0.39, 0.29) is 5.91 Å². The molecular weight excluding hydrogens is 290 g/mol. The number of likely N-dealkylation sites (N-methyl/N-ethyl adjacent to an activating group) is 1. The highest BCUT2D eigenvalue weighted by Crippen LogP contribution is 2.25. The number of carbonyl (C=O) groups excluding carboxylic acids is 1. The second kappa shape index (κ2) is 6.99. The van der Waals surface area contributed by atoms with Crippen molar-refractivity contribution in [3.05, 3.63) is 34.4 Å². The summed E-state index contributed by atoms with van der Waals surface area (Å²) in [5.74, 6) is 0.0772. The van der Waals surface area contributed by atoms with Gasteiger partial charge in [-0.2, -0.15) is 5.06 Å². The molecule has 5 nitrogen and oxygen atoms in total. The Hall–Kier alpha value is -1.43. The lowest BCUT2D eigenvalue weighted by atomic mass is 9.94. The van der Waals surface area contributed by atoms with E-state index >= 15 is 0 Å². The van der Waals surface area contributed by atoms with Crippen molar-refractivity contribution in [2.24, 2.45) is 5.73 Å². The molecule has 0 spiro atoms. The minimum atomic E-state index is -0.585. The summed E-state index contributed by atoms with van der Waals surface area (Å²) in [5, 5.41) is 1.89. The number of carbonyl (C=O) groups is 1. The van der Waals surface area contributed by atoms with Crippen molar-refractivity contribution < 1.29 is 9.63 Å². The molecule has 2 rings (SSSR count). The first kappa shape index (κ1) is 17.9. The van der Waals surface area contributed by atoms with E-state index in [9.17, 15) is 4.79 Å². The Balaban J connectivity index is 2.09. The van der Waals surface area contributed by atoms with Gasteiger partial charge in [0.05, 0.1) is 19.2 Å². The maximum atomic E-state index is 12.8. The predicted molar refractivity (Wildman–Crippen MR) is 91.9 cm³/mol. The molecule has 1 aromatic rings. The highest BCUT2D eigenvalue weighted by Gasteiger charge is 2.37. The minimum Gasteiger partial charge on any atom is -0.327 e. The molecule has 1 aliphatic rings. The van der Waals surface area contributed by atoms with Crippen molar-refractivity contribution in [3.63, 3.8) is 0 Å². The molecule has 0 atom stereocenters. The van der Waals surface area contributed by atoms with Crippen molar-refractivity contribution in [3.8, 4) is 0 Å². The van der Waals surface area contributed by atoms with Gasteiger partial charge in [0.15, 0.2) is 0 Å². The number of hydroxylamine groups is 2. The van der Waals surface area contributed by atoms with E-state index in [1.165, 1.54) is 16.7 Å². The lowest BCUT2D eigenvalue weighted by Gasteiger charge is -2.44. The van der Waals surface area contributed by atoms with Crippen LogP contribution in [0.2, 0.25) is 0 Å². The monoisotopic (exact) mass is 319 g/mol. The van der Waals surface area contributed by atoms with Crippen molar-refractivity contribution in [1.82, 2.24) is 9.96 Å². The molecule has 0 aliphatic carbocycles. The van der Waals surface area contributed by atoms with Gasteiger partial charge in [-0.25, -0.2) is 0 Å². The van der Waals surface area contributed by atoms with Crippen LogP contribution in [0.5, 0.6) is 0 Å². The van der Waals surface area contributed by atoms with Crippen LogP contribution < -0.4 is 5.73 Å². The normalized spacial score (nSPS) is 18.0. The molecule has 1 amide bonds. The lowest BCUT2D eigenvalue weighted by molar-refractivity contribution is -0.166. The maximum Gasteiger partial charge on any atom is 0.228 e. The molecule has 0 saturated carbocycles. The molecule has 0 bridgehead atoms. The molecule has 0 radical (unpaired) electrons. The van der Waals surface area contributed by atoms with E-state index in [0.29, 0.717) is 6.42 Å². The lowest BCUT2D eigenvalue weighted by Crippen LogP contribution is -2.61. The molecule has 5 heteroatoms. The van der Waals surface area contributed by atoms with E-state index in [1.54, 1.807) is 12.0 Å². The SMILES string of the molecule is CON1CCC(N)(N(C)C(=O)Cc2c(C)cc(C)cc2C)CC1. The fraction of sp³-hybridized carbons (Fsp3) is 0.611. The van der Waals surface area contributed by atoms with Crippen molar-refractivity contribution in [2.45, 2.75) is 45.7 Å². The number of aryl methyl sites for hydroxylation is 3. The van der Waals surface area contributed by atoms with Crippen LogP contribution in [0.25, 0.3) is 0 Å². The second-order valence-electron chi connectivity index (χ2n) is 6.72. The van der Waals surface area contributed by atoms with Gasteiger partial charge in [0.1, 0.15) is 0 Å². The van der Waals surface area contributed by atoms with Crippen molar-refractivity contribution in [2.75, 3.05) is 27.2 Å². The summed E-state index contributed by atoms with van der Waals surface area (Å²) in [6, 6.07) is 4.26. The summed E-state index contributed by atoms with van der Waals surface area (Å²) >= 11 is 0. The van der Waals surface area contributed by atoms with Gasteiger partial charge in [-0.15, -0.1) is 0 Å². The molecule has 0 unspecified atom stereocenters. The average molecular weight is 319 g/mol. The van der Waals surface area contributed by atoms with Gasteiger partial charge in [-0.1, -0.05) is 17.7 Å². The van der Waals surface area contributed by atoms with Gasteiger partial charge in [0.25, 0.3) is 0 Å². The minimum absolute atomic E-state index is 0.0772. The van der Waals surface area contributed by atoms with Gasteiger partial charge in [0.2, 0.25) is 5.91 Å². The largest absolute Gasteiger partial charge is 0.327 e. The van der Waals surface area contributed by atoms with Gasteiger partial charge >= 0.3 is 0 Å². The van der Waals surface area contributed by atoms with Crippen LogP contribution >= 0.6 is 0 Å². The molecule has 0 aromatic heterocycles. The summed E-state index contributed by atoms with van der Waals surface area (Å²) < 4.78 is 0. The standard InChI is InChI=1S/C18H29N3O2/c1-13-10-14(2)16(15(3)11-13)12-17(22)20(4)18(19)6-8-21(23-5)9-7-18/h10-11H,6-9,12,19H2,1-5H3. The number of hydrogen-bond acceptors (Lipinski definition) is 4. The number of rotatable bonds is 4. The smallest absolute Gasteiger partial charge is 0.228 e. The van der Waals surface area contributed by atoms with Crippen LogP contribution in [0.15, 0.2) is 12.1 Å². The first-order valence-corrected chi connectivity index (χ1v) is 8.18. The highest BCUT2D eigenvalue weighted by atomic mass is 16.7. The first-order chi connectivity index (χ1) is 10.8. The Bertz CT molecular complexity index is 555. The van der Waals surface area contributed by atoms with Crippen LogP contribution in [-0.4, -0.2) is 48.8 Å². The average Bonchev–Trinajstić information content (AvgIpc) is 2.50. The second-order valence-corrected chi connectivity index (χ2v) is 6.72. The van der Waals surface area contributed by atoms with Gasteiger partial charge in [0, 0.05) is 20.1 Å². The third-order valence-electron chi connectivity index (χ3n) is 5.06. The zero-order valence-electron chi connectivity index (χ0n) is 15.0. The third kappa shape index (κ3) is 3.91. The summed E-state index contributed by atoms with van der Waals surface area (Å²) in [6.45, 7) is 7.70. The van der Waals surface area contributed by atoms with Crippen LogP contribution in [-0.2, 0) is 16.1 Å². The van der Waals surface area contributed by atoms with Crippen LogP contribution in [0.4, 0.5) is 0 Å². The molecule has 1 heterocycles. The van der Waals surface area contributed by atoms with Crippen LogP contribution in [0.1, 0.15) is 35.1 Å². The van der Waals surface area contributed by atoms with E-state index in [2.05, 4.69) is 32.9 Å². The van der Waals surface area contributed by atoms with E-state index in [0.717, 1.165) is 31.5 Å². The number of hydrogen-bond donors (Lipinski definition) is 1. The summed E-state index contributed by atoms with van der Waals surface area (Å²) in [6.07, 6.45) is 1.84. The molecule has 1 saturated heterocycles. The number of benzene rings is 1. The Morgan fingerprint density at radius 1 is 1.26 bits per heavy atom. The third-order valence-corrected chi connectivity index (χ3v) is 5.06. The first-order valence-electron chi connectivity index (χ1n) is 8.18. The van der Waals surface area contributed by atoms with Crippen LogP contribution in [0, 0.1) is 20.8 Å². The van der Waals surface area contributed by atoms with E-state index < -0.39 is 5.66 Å². The topological polar surface area (TPSA) is 58.8 Å². The summed E-state index contributed by atoms with van der Waals surface area (Å²) in [5.41, 5.74) is 10.6. The zero-order valence-corrected chi connectivity index (χ0v) is 15.0. The number of amides is 1. The fourth-order valence-electron chi connectivity index (χ4n) is 3.40. The Kier molecular flexibility index (Phi) is 5.45. The molecule has 1 aromatic carbocycles. The summed E-state index contributed by atoms with van der Waals surface area (Å²) in [7, 11) is 3.49. The Labute approximate surface area is 139 Å². The van der Waals surface area contributed by atoms with Crippen LogP contribution in [0.3, 0.4) is 0 Å². The van der Waals surface area contributed by atoms with Gasteiger partial charge in [-0.3, -0.25) is 4.79 Å². The molecule has 2 N–H and O–H groups in total. The molecule has 1 aliphatic heterocycles.